The van der Waals surface area contributed by atoms with Gasteiger partial charge in [0.2, 0.25) is 0 Å². The molecule has 0 fully saturated rings. The van der Waals surface area contributed by atoms with Crippen LogP contribution in [0.15, 0.2) is 0 Å². The first-order valence-electron chi connectivity index (χ1n) is 13.5. The summed E-state index contributed by atoms with van der Waals surface area (Å²) >= 11 is 6.28. The predicted octanol–water partition coefficient (Wildman–Crippen LogP) is 8.86. The highest BCUT2D eigenvalue weighted by atomic mass is 35.5. The van der Waals surface area contributed by atoms with Gasteiger partial charge in [0.1, 0.15) is 0 Å². The zero-order valence-electron chi connectivity index (χ0n) is 21.9. The number of rotatable bonds is 23. The Bertz CT molecular complexity index is 333. The molecule has 0 aromatic rings. The fourth-order valence-corrected chi connectivity index (χ4v) is 6.96. The Morgan fingerprint density at radius 1 is 0.581 bits per heavy atom. The molecule has 5 heteroatoms. The Balaban J connectivity index is 5.26. The summed E-state index contributed by atoms with van der Waals surface area (Å²) in [5.74, 6) is 2.28. The van der Waals surface area contributed by atoms with Crippen LogP contribution in [-0.4, -0.2) is 34.5 Å². The van der Waals surface area contributed by atoms with Gasteiger partial charge >= 0.3 is 8.80 Å². The van der Waals surface area contributed by atoms with Crippen LogP contribution < -0.4 is 0 Å². The Morgan fingerprint density at radius 2 is 0.903 bits per heavy atom. The molecule has 0 spiro atoms. The molecule has 31 heavy (non-hydrogen) atoms. The molecule has 0 radical (unpaired) electrons. The fourth-order valence-electron chi connectivity index (χ4n) is 3.89. The second-order valence-corrected chi connectivity index (χ2v) is 12.4. The molecule has 3 nitrogen and oxygen atoms in total. The van der Waals surface area contributed by atoms with Crippen LogP contribution in [0.5, 0.6) is 0 Å². The first-order chi connectivity index (χ1) is 15.0. The Labute approximate surface area is 201 Å². The van der Waals surface area contributed by atoms with Crippen molar-refractivity contribution in [3.63, 3.8) is 0 Å². The molecule has 3 unspecified atom stereocenters. The van der Waals surface area contributed by atoms with Crippen LogP contribution in [0.2, 0.25) is 6.04 Å². The third kappa shape index (κ3) is 15.0. The second-order valence-electron chi connectivity index (χ2n) is 9.30. The van der Waals surface area contributed by atoms with E-state index in [1.54, 1.807) is 0 Å². The molecule has 0 N–H and O–H groups in total. The summed E-state index contributed by atoms with van der Waals surface area (Å²) in [7, 11) is -2.78. The lowest BCUT2D eigenvalue weighted by atomic mass is 10.0. The van der Waals surface area contributed by atoms with Crippen molar-refractivity contribution in [1.82, 2.24) is 0 Å². The molecule has 0 aromatic carbocycles. The molecular formula is C26H55ClO3Si. The van der Waals surface area contributed by atoms with E-state index in [0.29, 0.717) is 29.7 Å². The Hall–Kier alpha value is 0.387. The predicted molar refractivity (Wildman–Crippen MR) is 139 cm³/mol. The van der Waals surface area contributed by atoms with Crippen LogP contribution in [0.1, 0.15) is 119 Å². The molecule has 0 heterocycles. The van der Waals surface area contributed by atoms with Gasteiger partial charge in [-0.2, -0.15) is 0 Å². The van der Waals surface area contributed by atoms with Crippen LogP contribution in [-0.2, 0) is 13.3 Å². The molecule has 0 saturated carbocycles. The molecule has 0 rings (SSSR count). The van der Waals surface area contributed by atoms with Gasteiger partial charge in [0.25, 0.3) is 0 Å². The minimum Gasteiger partial charge on any atom is -0.373 e. The van der Waals surface area contributed by atoms with E-state index in [9.17, 15) is 0 Å². The molecule has 0 aliphatic heterocycles. The lowest BCUT2D eigenvalue weighted by molar-refractivity contribution is 0.0255. The van der Waals surface area contributed by atoms with Gasteiger partial charge < -0.3 is 13.3 Å². The molecular weight excluding hydrogens is 424 g/mol. The summed E-state index contributed by atoms with van der Waals surface area (Å²) in [6.07, 6.45) is 14.6. The number of hydrogen-bond donors (Lipinski definition) is 0. The number of hydrogen-bond acceptors (Lipinski definition) is 3. The van der Waals surface area contributed by atoms with Crippen molar-refractivity contribution in [3.8, 4) is 0 Å². The highest BCUT2D eigenvalue weighted by Gasteiger charge is 2.42. The number of halogens is 1. The smallest absolute Gasteiger partial charge is 0.373 e. The van der Waals surface area contributed by atoms with Crippen molar-refractivity contribution in [2.45, 2.75) is 125 Å². The van der Waals surface area contributed by atoms with Crippen LogP contribution >= 0.6 is 11.6 Å². The van der Waals surface area contributed by atoms with E-state index in [2.05, 4.69) is 41.5 Å². The van der Waals surface area contributed by atoms with E-state index in [1.165, 1.54) is 57.8 Å². The van der Waals surface area contributed by atoms with Gasteiger partial charge in [-0.25, -0.2) is 0 Å². The van der Waals surface area contributed by atoms with Gasteiger partial charge in [0.15, 0.2) is 0 Å². The van der Waals surface area contributed by atoms with Crippen LogP contribution in [0.4, 0.5) is 0 Å². The molecule has 188 valence electrons. The standard InChI is InChI=1S/C26H55ClO3Si/c1-7-13-16-24(10-4)21-28-31(20-19-27,29-22-25(11-5)17-14-8-2)30-23-26(12-6)18-15-9-3/h24-26H,7-23H2,1-6H3. The van der Waals surface area contributed by atoms with Crippen molar-refractivity contribution < 1.29 is 13.3 Å². The topological polar surface area (TPSA) is 27.7 Å². The van der Waals surface area contributed by atoms with Gasteiger partial charge in [-0.05, 0) is 37.0 Å². The Morgan fingerprint density at radius 3 is 1.13 bits per heavy atom. The van der Waals surface area contributed by atoms with Gasteiger partial charge in [-0.15, -0.1) is 11.6 Å². The monoisotopic (exact) mass is 478 g/mol. The highest BCUT2D eigenvalue weighted by molar-refractivity contribution is 6.61. The average molecular weight is 479 g/mol. The summed E-state index contributed by atoms with van der Waals surface area (Å²) in [6.45, 7) is 15.8. The van der Waals surface area contributed by atoms with Crippen molar-refractivity contribution in [3.05, 3.63) is 0 Å². The summed E-state index contributed by atoms with van der Waals surface area (Å²) in [6, 6.07) is 0.715. The van der Waals surface area contributed by atoms with Gasteiger partial charge in [-0.1, -0.05) is 99.3 Å². The van der Waals surface area contributed by atoms with E-state index in [1.807, 2.05) is 0 Å². The Kier molecular flexibility index (Phi) is 21.2. The van der Waals surface area contributed by atoms with E-state index in [-0.39, 0.29) is 0 Å². The quantitative estimate of drug-likeness (QED) is 0.108. The van der Waals surface area contributed by atoms with Crippen LogP contribution in [0, 0.1) is 17.8 Å². The summed E-state index contributed by atoms with van der Waals surface area (Å²) in [4.78, 5) is 0. The maximum Gasteiger partial charge on any atom is 0.502 e. The number of unbranched alkanes of at least 4 members (excludes halogenated alkanes) is 3. The van der Waals surface area contributed by atoms with Gasteiger partial charge in [0.05, 0.1) is 0 Å². The van der Waals surface area contributed by atoms with E-state index < -0.39 is 8.80 Å². The molecule has 0 amide bonds. The minimum atomic E-state index is -2.78. The zero-order valence-corrected chi connectivity index (χ0v) is 23.6. The van der Waals surface area contributed by atoms with Crippen molar-refractivity contribution in [1.29, 1.82) is 0 Å². The van der Waals surface area contributed by atoms with Crippen molar-refractivity contribution in [2.75, 3.05) is 25.7 Å². The zero-order chi connectivity index (χ0) is 23.4. The lowest BCUT2D eigenvalue weighted by Gasteiger charge is -2.33. The third-order valence-corrected chi connectivity index (χ3v) is 9.84. The normalized spacial score (nSPS) is 16.7. The largest absolute Gasteiger partial charge is 0.502 e. The highest BCUT2D eigenvalue weighted by Crippen LogP contribution is 2.25. The summed E-state index contributed by atoms with van der Waals surface area (Å²) in [5, 5.41) is 0. The van der Waals surface area contributed by atoms with E-state index in [0.717, 1.165) is 39.1 Å². The van der Waals surface area contributed by atoms with Crippen LogP contribution in [0.3, 0.4) is 0 Å². The summed E-state index contributed by atoms with van der Waals surface area (Å²) in [5.41, 5.74) is 0. The maximum absolute atomic E-state index is 6.63. The molecule has 0 aliphatic rings. The SMILES string of the molecule is CCCCC(CC)CO[Si](CCCl)(OCC(CC)CCCC)OCC(CC)CCCC. The summed E-state index contributed by atoms with van der Waals surface area (Å²) < 4.78 is 19.9. The first-order valence-corrected chi connectivity index (χ1v) is 16.0. The third-order valence-electron chi connectivity index (χ3n) is 6.65. The minimum absolute atomic E-state index is 0.537. The van der Waals surface area contributed by atoms with Crippen molar-refractivity contribution >= 4 is 20.4 Å². The molecule has 0 saturated heterocycles. The average Bonchev–Trinajstić information content (AvgIpc) is 2.79. The van der Waals surface area contributed by atoms with Crippen molar-refractivity contribution in [2.24, 2.45) is 17.8 Å². The first kappa shape index (κ1) is 31.4. The number of alkyl halides is 1. The van der Waals surface area contributed by atoms with Gasteiger partial charge in [0, 0.05) is 31.7 Å². The maximum atomic E-state index is 6.63. The molecule has 0 aromatic heterocycles. The lowest BCUT2D eigenvalue weighted by Crippen LogP contribution is -2.49. The van der Waals surface area contributed by atoms with E-state index >= 15 is 0 Å². The fraction of sp³-hybridized carbons (Fsp3) is 1.00. The molecule has 0 bridgehead atoms. The molecule has 3 atom stereocenters. The van der Waals surface area contributed by atoms with E-state index in [4.69, 9.17) is 24.9 Å². The van der Waals surface area contributed by atoms with Crippen LogP contribution in [0.25, 0.3) is 0 Å². The molecule has 0 aliphatic carbocycles. The second kappa shape index (κ2) is 21.0. The van der Waals surface area contributed by atoms with Gasteiger partial charge in [-0.3, -0.25) is 0 Å².